The van der Waals surface area contributed by atoms with Crippen LogP contribution in [0.4, 0.5) is 0 Å². The quantitative estimate of drug-likeness (QED) is 0.522. The van der Waals surface area contributed by atoms with Gasteiger partial charge in [0.15, 0.2) is 5.78 Å². The SMILES string of the molecule is CC(=O)c1ccccc1CCN=O. The lowest BCUT2D eigenvalue weighted by atomic mass is 10.0. The first kappa shape index (κ1) is 9.58. The first-order chi connectivity index (χ1) is 6.25. The molecule has 0 bridgehead atoms. The van der Waals surface area contributed by atoms with Gasteiger partial charge in [0.05, 0.1) is 6.54 Å². The lowest BCUT2D eigenvalue weighted by Gasteiger charge is -2.03. The van der Waals surface area contributed by atoms with Crippen molar-refractivity contribution in [1.82, 2.24) is 0 Å². The van der Waals surface area contributed by atoms with Crippen LogP contribution < -0.4 is 0 Å². The van der Waals surface area contributed by atoms with Gasteiger partial charge in [-0.3, -0.25) is 4.79 Å². The van der Waals surface area contributed by atoms with Crippen molar-refractivity contribution < 1.29 is 4.79 Å². The predicted molar refractivity (Wildman–Crippen MR) is 50.8 cm³/mol. The van der Waals surface area contributed by atoms with Crippen molar-refractivity contribution in [3.8, 4) is 0 Å². The molecule has 0 aliphatic rings. The molecule has 0 saturated carbocycles. The number of Topliss-reactive ketones (excluding diaryl/α,β-unsaturated/α-hetero) is 1. The number of rotatable bonds is 4. The Hall–Kier alpha value is -1.51. The predicted octanol–water partition coefficient (Wildman–Crippen LogP) is 2.20. The summed E-state index contributed by atoms with van der Waals surface area (Å²) in [6.07, 6.45) is 0.541. The van der Waals surface area contributed by atoms with Gasteiger partial charge < -0.3 is 0 Å². The van der Waals surface area contributed by atoms with Crippen LogP contribution >= 0.6 is 0 Å². The average molecular weight is 177 g/mol. The van der Waals surface area contributed by atoms with Crippen LogP contribution in [0, 0.1) is 4.91 Å². The van der Waals surface area contributed by atoms with Crippen LogP contribution in [-0.2, 0) is 6.42 Å². The minimum absolute atomic E-state index is 0.0292. The van der Waals surface area contributed by atoms with E-state index in [1.165, 1.54) is 6.92 Å². The van der Waals surface area contributed by atoms with E-state index in [-0.39, 0.29) is 12.3 Å². The Kier molecular flexibility index (Phi) is 3.31. The minimum atomic E-state index is 0.0292. The van der Waals surface area contributed by atoms with Crippen LogP contribution in [0.3, 0.4) is 0 Å². The number of nitroso groups, excluding NO2 is 1. The number of ketones is 1. The third-order valence-electron chi connectivity index (χ3n) is 1.87. The normalized spacial score (nSPS) is 9.62. The molecule has 0 saturated heterocycles. The van der Waals surface area contributed by atoms with E-state index < -0.39 is 0 Å². The minimum Gasteiger partial charge on any atom is -0.295 e. The Morgan fingerprint density at radius 2 is 2.08 bits per heavy atom. The Morgan fingerprint density at radius 3 is 2.69 bits per heavy atom. The fourth-order valence-electron chi connectivity index (χ4n) is 1.25. The third kappa shape index (κ3) is 2.47. The summed E-state index contributed by atoms with van der Waals surface area (Å²) in [5.74, 6) is 0.0292. The maximum absolute atomic E-state index is 11.1. The summed E-state index contributed by atoms with van der Waals surface area (Å²) in [6, 6.07) is 7.28. The summed E-state index contributed by atoms with van der Waals surface area (Å²) in [6.45, 7) is 1.75. The standard InChI is InChI=1S/C10H11NO2/c1-8(12)10-5-3-2-4-9(10)6-7-11-13/h2-5H,6-7H2,1H3. The van der Waals surface area contributed by atoms with Crippen LogP contribution in [0.1, 0.15) is 22.8 Å². The van der Waals surface area contributed by atoms with Gasteiger partial charge in [0.2, 0.25) is 0 Å². The van der Waals surface area contributed by atoms with Crippen LogP contribution in [0.2, 0.25) is 0 Å². The van der Waals surface area contributed by atoms with Crippen molar-refractivity contribution in [2.24, 2.45) is 5.18 Å². The third-order valence-corrected chi connectivity index (χ3v) is 1.87. The maximum Gasteiger partial charge on any atom is 0.160 e. The molecular formula is C10H11NO2. The van der Waals surface area contributed by atoms with Crippen molar-refractivity contribution in [3.05, 3.63) is 40.3 Å². The highest BCUT2D eigenvalue weighted by atomic mass is 16.3. The van der Waals surface area contributed by atoms with E-state index in [1.807, 2.05) is 18.2 Å². The number of benzene rings is 1. The summed E-state index contributed by atoms with van der Waals surface area (Å²) in [4.78, 5) is 21.0. The molecule has 0 aliphatic carbocycles. The van der Waals surface area contributed by atoms with Gasteiger partial charge in [0.1, 0.15) is 0 Å². The summed E-state index contributed by atoms with van der Waals surface area (Å²) in [7, 11) is 0. The lowest BCUT2D eigenvalue weighted by molar-refractivity contribution is 0.101. The molecule has 0 unspecified atom stereocenters. The Balaban J connectivity index is 2.90. The van der Waals surface area contributed by atoms with Crippen molar-refractivity contribution >= 4 is 5.78 Å². The zero-order valence-electron chi connectivity index (χ0n) is 7.49. The van der Waals surface area contributed by atoms with Crippen molar-refractivity contribution in [2.45, 2.75) is 13.3 Å². The molecular weight excluding hydrogens is 166 g/mol. The monoisotopic (exact) mass is 177 g/mol. The molecule has 0 aliphatic heterocycles. The average Bonchev–Trinajstić information content (AvgIpc) is 2.15. The molecule has 1 aromatic rings. The fourth-order valence-corrected chi connectivity index (χ4v) is 1.25. The van der Waals surface area contributed by atoms with Gasteiger partial charge in [-0.25, -0.2) is 0 Å². The van der Waals surface area contributed by atoms with Crippen LogP contribution in [0.5, 0.6) is 0 Å². The van der Waals surface area contributed by atoms with Crippen molar-refractivity contribution in [3.63, 3.8) is 0 Å². The number of carbonyl (C=O) groups is 1. The number of hydrogen-bond donors (Lipinski definition) is 0. The smallest absolute Gasteiger partial charge is 0.160 e. The Morgan fingerprint density at radius 1 is 1.38 bits per heavy atom. The fraction of sp³-hybridized carbons (Fsp3) is 0.300. The number of carbonyl (C=O) groups excluding carboxylic acids is 1. The molecule has 3 heteroatoms. The van der Waals surface area contributed by atoms with Crippen LogP contribution in [0.25, 0.3) is 0 Å². The molecule has 0 radical (unpaired) electrons. The summed E-state index contributed by atoms with van der Waals surface area (Å²) in [5, 5.41) is 2.77. The summed E-state index contributed by atoms with van der Waals surface area (Å²) in [5.41, 5.74) is 1.58. The molecule has 0 aromatic heterocycles. The Labute approximate surface area is 76.7 Å². The van der Waals surface area contributed by atoms with E-state index in [4.69, 9.17) is 0 Å². The second kappa shape index (κ2) is 4.50. The van der Waals surface area contributed by atoms with Gasteiger partial charge in [0, 0.05) is 5.56 Å². The van der Waals surface area contributed by atoms with Gasteiger partial charge >= 0.3 is 0 Å². The molecule has 0 fully saturated rings. The van der Waals surface area contributed by atoms with Gasteiger partial charge in [0.25, 0.3) is 0 Å². The van der Waals surface area contributed by atoms with Crippen LogP contribution in [0.15, 0.2) is 29.4 Å². The van der Waals surface area contributed by atoms with Gasteiger partial charge in [-0.2, -0.15) is 4.91 Å². The second-order valence-corrected chi connectivity index (χ2v) is 2.82. The van der Waals surface area contributed by atoms with Crippen molar-refractivity contribution in [2.75, 3.05) is 6.54 Å². The first-order valence-electron chi connectivity index (χ1n) is 4.13. The van der Waals surface area contributed by atoms with E-state index in [2.05, 4.69) is 5.18 Å². The highest BCUT2D eigenvalue weighted by molar-refractivity contribution is 5.95. The van der Waals surface area contributed by atoms with E-state index in [0.29, 0.717) is 12.0 Å². The topological polar surface area (TPSA) is 46.5 Å². The first-order valence-corrected chi connectivity index (χ1v) is 4.13. The highest BCUT2D eigenvalue weighted by Crippen LogP contribution is 2.10. The van der Waals surface area contributed by atoms with Gasteiger partial charge in [-0.05, 0) is 18.9 Å². The van der Waals surface area contributed by atoms with E-state index in [0.717, 1.165) is 5.56 Å². The number of hydrogen-bond acceptors (Lipinski definition) is 3. The molecule has 68 valence electrons. The van der Waals surface area contributed by atoms with Gasteiger partial charge in [-0.15, -0.1) is 0 Å². The molecule has 1 aromatic carbocycles. The lowest BCUT2D eigenvalue weighted by Crippen LogP contribution is -2.00. The molecule has 13 heavy (non-hydrogen) atoms. The largest absolute Gasteiger partial charge is 0.295 e. The molecule has 0 spiro atoms. The van der Waals surface area contributed by atoms with Gasteiger partial charge in [-0.1, -0.05) is 29.4 Å². The molecule has 1 rings (SSSR count). The van der Waals surface area contributed by atoms with E-state index in [9.17, 15) is 9.70 Å². The molecule has 0 amide bonds. The molecule has 0 N–H and O–H groups in total. The van der Waals surface area contributed by atoms with E-state index in [1.54, 1.807) is 6.07 Å². The number of nitrogens with zero attached hydrogens (tertiary/aromatic N) is 1. The maximum atomic E-state index is 11.1. The van der Waals surface area contributed by atoms with E-state index >= 15 is 0 Å². The van der Waals surface area contributed by atoms with Crippen LogP contribution in [-0.4, -0.2) is 12.3 Å². The molecule has 0 heterocycles. The zero-order chi connectivity index (χ0) is 9.68. The molecule has 0 atom stereocenters. The second-order valence-electron chi connectivity index (χ2n) is 2.82. The summed E-state index contributed by atoms with van der Waals surface area (Å²) >= 11 is 0. The summed E-state index contributed by atoms with van der Waals surface area (Å²) < 4.78 is 0. The zero-order valence-corrected chi connectivity index (χ0v) is 7.49. The highest BCUT2D eigenvalue weighted by Gasteiger charge is 2.04. The molecule has 3 nitrogen and oxygen atoms in total. The van der Waals surface area contributed by atoms with Crippen molar-refractivity contribution in [1.29, 1.82) is 0 Å². The Bertz CT molecular complexity index is 320.